The van der Waals surface area contributed by atoms with E-state index in [9.17, 15) is 0 Å². The van der Waals surface area contributed by atoms with E-state index in [2.05, 4.69) is 32.9 Å². The number of hydrogen-bond donors (Lipinski definition) is 0. The van der Waals surface area contributed by atoms with E-state index in [1.807, 2.05) is 42.5 Å². The summed E-state index contributed by atoms with van der Waals surface area (Å²) in [4.78, 5) is 0. The second kappa shape index (κ2) is 8.86. The summed E-state index contributed by atoms with van der Waals surface area (Å²) in [5.74, 6) is 0.851. The Balaban J connectivity index is 2.15. The van der Waals surface area contributed by atoms with Gasteiger partial charge in [0.2, 0.25) is 0 Å². The Morgan fingerprint density at radius 1 is 1.00 bits per heavy atom. The summed E-state index contributed by atoms with van der Waals surface area (Å²) in [5, 5.41) is 0. The number of benzene rings is 2. The third kappa shape index (κ3) is 4.59. The van der Waals surface area contributed by atoms with E-state index in [1.54, 1.807) is 7.11 Å². The highest BCUT2D eigenvalue weighted by molar-refractivity contribution is 5.27. The van der Waals surface area contributed by atoms with Crippen LogP contribution in [0.3, 0.4) is 0 Å². The Kier molecular flexibility index (Phi) is 6.83. The van der Waals surface area contributed by atoms with Crippen molar-refractivity contribution >= 4 is 0 Å². The van der Waals surface area contributed by atoms with Gasteiger partial charge >= 0.3 is 0 Å². The Morgan fingerprint density at radius 2 is 1.67 bits per heavy atom. The Labute approximate surface area is 145 Å². The fourth-order valence-electron chi connectivity index (χ4n) is 2.61. The molecule has 0 saturated carbocycles. The van der Waals surface area contributed by atoms with Crippen LogP contribution in [0.25, 0.3) is 0 Å². The second-order valence-electron chi connectivity index (χ2n) is 6.12. The van der Waals surface area contributed by atoms with Crippen molar-refractivity contribution in [2.75, 3.05) is 13.7 Å². The van der Waals surface area contributed by atoms with Gasteiger partial charge in [0.15, 0.2) is 0 Å². The van der Waals surface area contributed by atoms with Crippen molar-refractivity contribution in [3.8, 4) is 5.75 Å². The molecule has 0 aliphatic rings. The number of hydrogen-bond acceptors (Lipinski definition) is 3. The molecule has 3 heteroatoms. The van der Waals surface area contributed by atoms with Crippen molar-refractivity contribution in [1.29, 1.82) is 0 Å². The lowest BCUT2D eigenvalue weighted by Crippen LogP contribution is -2.39. The third-order valence-corrected chi connectivity index (χ3v) is 4.39. The average molecular weight is 328 g/mol. The van der Waals surface area contributed by atoms with E-state index in [4.69, 9.17) is 14.2 Å². The molecule has 2 rings (SSSR count). The highest BCUT2D eigenvalue weighted by Crippen LogP contribution is 2.32. The van der Waals surface area contributed by atoms with Crippen molar-refractivity contribution in [2.45, 2.75) is 45.5 Å². The van der Waals surface area contributed by atoms with Gasteiger partial charge in [-0.05, 0) is 43.5 Å². The Bertz CT molecular complexity index is 594. The van der Waals surface area contributed by atoms with E-state index in [0.717, 1.165) is 29.9 Å². The predicted molar refractivity (Wildman–Crippen MR) is 97.3 cm³/mol. The molecule has 0 bridgehead atoms. The molecule has 24 heavy (non-hydrogen) atoms. The topological polar surface area (TPSA) is 27.7 Å². The normalized spacial score (nSPS) is 14.8. The molecular formula is C21H28O3. The van der Waals surface area contributed by atoms with Gasteiger partial charge in [-0.25, -0.2) is 0 Å². The van der Waals surface area contributed by atoms with E-state index < -0.39 is 5.60 Å². The summed E-state index contributed by atoms with van der Waals surface area (Å²) in [5.41, 5.74) is 1.74. The molecule has 0 aromatic heterocycles. The standard InChI is InChI=1S/C21H28O3/c1-5-15-23-17(2)21(3,19-9-7-6-8-10-19)24-16-18-11-13-20(22-4)14-12-18/h6-14,17H,5,15-16H2,1-4H3/t17-,21-/m0/s1. The minimum atomic E-state index is -0.504. The first-order valence-corrected chi connectivity index (χ1v) is 8.54. The lowest BCUT2D eigenvalue weighted by atomic mass is 9.90. The highest BCUT2D eigenvalue weighted by Gasteiger charge is 2.35. The molecule has 0 spiro atoms. The minimum absolute atomic E-state index is 0.0434. The summed E-state index contributed by atoms with van der Waals surface area (Å²) in [6.07, 6.45) is 0.950. The van der Waals surface area contributed by atoms with E-state index in [-0.39, 0.29) is 6.10 Å². The summed E-state index contributed by atoms with van der Waals surface area (Å²) >= 11 is 0. The van der Waals surface area contributed by atoms with E-state index in [0.29, 0.717) is 6.61 Å². The molecule has 3 nitrogen and oxygen atoms in total. The van der Waals surface area contributed by atoms with Crippen LogP contribution in [-0.4, -0.2) is 19.8 Å². The summed E-state index contributed by atoms with van der Waals surface area (Å²) in [6.45, 7) is 7.55. The molecule has 130 valence electrons. The largest absolute Gasteiger partial charge is 0.497 e. The molecule has 0 aliphatic carbocycles. The smallest absolute Gasteiger partial charge is 0.118 e. The van der Waals surface area contributed by atoms with Crippen LogP contribution in [0.2, 0.25) is 0 Å². The van der Waals surface area contributed by atoms with Crippen LogP contribution >= 0.6 is 0 Å². The van der Waals surface area contributed by atoms with Gasteiger partial charge in [-0.15, -0.1) is 0 Å². The molecular weight excluding hydrogens is 300 g/mol. The number of rotatable bonds is 9. The van der Waals surface area contributed by atoms with Gasteiger partial charge in [0.05, 0.1) is 19.8 Å². The number of ether oxygens (including phenoxy) is 3. The molecule has 2 aromatic carbocycles. The number of methoxy groups -OCH3 is 1. The lowest BCUT2D eigenvalue weighted by Gasteiger charge is -2.36. The molecule has 2 aromatic rings. The molecule has 0 aliphatic heterocycles. The average Bonchev–Trinajstić information content (AvgIpc) is 2.65. The van der Waals surface area contributed by atoms with Crippen molar-refractivity contribution in [1.82, 2.24) is 0 Å². The van der Waals surface area contributed by atoms with Crippen molar-refractivity contribution in [3.05, 3.63) is 65.7 Å². The van der Waals surface area contributed by atoms with Gasteiger partial charge in [-0.2, -0.15) is 0 Å². The zero-order chi connectivity index (χ0) is 17.4. The maximum atomic E-state index is 6.37. The lowest BCUT2D eigenvalue weighted by molar-refractivity contribution is -0.143. The molecule has 0 amide bonds. The van der Waals surface area contributed by atoms with Gasteiger partial charge in [-0.3, -0.25) is 0 Å². The molecule has 0 heterocycles. The van der Waals surface area contributed by atoms with Gasteiger partial charge in [0, 0.05) is 6.61 Å². The molecule has 0 unspecified atom stereocenters. The molecule has 0 N–H and O–H groups in total. The quantitative estimate of drug-likeness (QED) is 0.652. The first-order valence-electron chi connectivity index (χ1n) is 8.54. The van der Waals surface area contributed by atoms with Crippen LogP contribution in [-0.2, 0) is 21.7 Å². The van der Waals surface area contributed by atoms with E-state index in [1.165, 1.54) is 0 Å². The van der Waals surface area contributed by atoms with Crippen LogP contribution in [0, 0.1) is 0 Å². The first kappa shape index (κ1) is 18.5. The van der Waals surface area contributed by atoms with Crippen molar-refractivity contribution in [3.63, 3.8) is 0 Å². The monoisotopic (exact) mass is 328 g/mol. The molecule has 0 saturated heterocycles. The van der Waals surface area contributed by atoms with Crippen LogP contribution in [0.4, 0.5) is 0 Å². The van der Waals surface area contributed by atoms with Crippen LogP contribution in [0.15, 0.2) is 54.6 Å². The Morgan fingerprint density at radius 3 is 2.25 bits per heavy atom. The summed E-state index contributed by atoms with van der Waals surface area (Å²) in [7, 11) is 1.67. The first-order chi connectivity index (χ1) is 11.6. The SMILES string of the molecule is CCCO[C@@H](C)[C@](C)(OCc1ccc(OC)cc1)c1ccccc1. The van der Waals surface area contributed by atoms with Gasteiger partial charge < -0.3 is 14.2 Å². The zero-order valence-electron chi connectivity index (χ0n) is 15.1. The predicted octanol–water partition coefficient (Wildman–Crippen LogP) is 4.94. The Hall–Kier alpha value is -1.84. The zero-order valence-corrected chi connectivity index (χ0v) is 15.1. The summed E-state index contributed by atoms with van der Waals surface area (Å²) in [6, 6.07) is 18.3. The molecule has 0 radical (unpaired) electrons. The van der Waals surface area contributed by atoms with Gasteiger partial charge in [0.1, 0.15) is 11.4 Å². The van der Waals surface area contributed by atoms with Crippen molar-refractivity contribution in [2.24, 2.45) is 0 Å². The fraction of sp³-hybridized carbons (Fsp3) is 0.429. The maximum absolute atomic E-state index is 6.37. The van der Waals surface area contributed by atoms with Crippen LogP contribution in [0.1, 0.15) is 38.3 Å². The van der Waals surface area contributed by atoms with Crippen molar-refractivity contribution < 1.29 is 14.2 Å². The van der Waals surface area contributed by atoms with Crippen LogP contribution < -0.4 is 4.74 Å². The fourth-order valence-corrected chi connectivity index (χ4v) is 2.61. The van der Waals surface area contributed by atoms with E-state index >= 15 is 0 Å². The second-order valence-corrected chi connectivity index (χ2v) is 6.12. The van der Waals surface area contributed by atoms with Crippen LogP contribution in [0.5, 0.6) is 5.75 Å². The molecule has 2 atom stereocenters. The maximum Gasteiger partial charge on any atom is 0.118 e. The van der Waals surface area contributed by atoms with Gasteiger partial charge in [0.25, 0.3) is 0 Å². The summed E-state index contributed by atoms with van der Waals surface area (Å²) < 4.78 is 17.6. The molecule has 0 fully saturated rings. The third-order valence-electron chi connectivity index (χ3n) is 4.39. The minimum Gasteiger partial charge on any atom is -0.497 e. The van der Waals surface area contributed by atoms with Gasteiger partial charge in [-0.1, -0.05) is 49.4 Å². The highest BCUT2D eigenvalue weighted by atomic mass is 16.5.